The number of rotatable bonds is 4. The van der Waals surface area contributed by atoms with E-state index in [0.717, 1.165) is 0 Å². The van der Waals surface area contributed by atoms with E-state index in [0.29, 0.717) is 25.3 Å². The van der Waals surface area contributed by atoms with E-state index >= 15 is 0 Å². The van der Waals surface area contributed by atoms with Crippen LogP contribution in [0.3, 0.4) is 0 Å². The molecule has 5 nitrogen and oxygen atoms in total. The van der Waals surface area contributed by atoms with Gasteiger partial charge in [0, 0.05) is 6.42 Å². The van der Waals surface area contributed by atoms with Crippen molar-refractivity contribution in [2.45, 2.75) is 13.3 Å². The molecule has 13 heavy (non-hydrogen) atoms. The first kappa shape index (κ1) is 9.73. The minimum Gasteiger partial charge on any atom is -0.461 e. The van der Waals surface area contributed by atoms with Crippen molar-refractivity contribution in [3.63, 3.8) is 0 Å². The monoisotopic (exact) mass is 184 g/mol. The molecular formula is C8H12N2O3. The van der Waals surface area contributed by atoms with Gasteiger partial charge in [-0.25, -0.2) is 9.78 Å². The largest absolute Gasteiger partial charge is 0.461 e. The smallest absolute Gasteiger partial charge is 0.360 e. The number of hydrogen-bond donors (Lipinski definition) is 1. The summed E-state index contributed by atoms with van der Waals surface area (Å²) in [6, 6.07) is 0. The molecule has 0 atom stereocenters. The lowest BCUT2D eigenvalue weighted by Crippen LogP contribution is -2.10. The fourth-order valence-corrected chi connectivity index (χ4v) is 0.945. The Balaban J connectivity index is 2.74. The molecule has 1 rings (SSSR count). The summed E-state index contributed by atoms with van der Waals surface area (Å²) in [5.74, 6) is 0.0284. The van der Waals surface area contributed by atoms with E-state index < -0.39 is 5.97 Å². The molecule has 0 aliphatic carbocycles. The molecule has 0 aliphatic rings. The van der Waals surface area contributed by atoms with Crippen molar-refractivity contribution in [2.75, 3.05) is 13.2 Å². The number of esters is 1. The zero-order chi connectivity index (χ0) is 9.68. The Morgan fingerprint density at radius 3 is 3.15 bits per heavy atom. The molecule has 0 aliphatic heterocycles. The summed E-state index contributed by atoms with van der Waals surface area (Å²) in [5.41, 5.74) is 5.55. The van der Waals surface area contributed by atoms with Crippen molar-refractivity contribution in [3.8, 4) is 0 Å². The van der Waals surface area contributed by atoms with Crippen molar-refractivity contribution in [1.29, 1.82) is 0 Å². The topological polar surface area (TPSA) is 78.3 Å². The summed E-state index contributed by atoms with van der Waals surface area (Å²) in [5, 5.41) is 0. The molecule has 0 radical (unpaired) electrons. The van der Waals surface area contributed by atoms with E-state index in [-0.39, 0.29) is 5.69 Å². The van der Waals surface area contributed by atoms with Crippen LogP contribution >= 0.6 is 0 Å². The summed E-state index contributed by atoms with van der Waals surface area (Å²) in [6.45, 7) is 2.48. The number of carbonyl (C=O) groups excluding carboxylic acids is 1. The number of oxazole rings is 1. The number of carbonyl (C=O) groups is 1. The molecule has 1 aromatic heterocycles. The summed E-state index contributed by atoms with van der Waals surface area (Å²) >= 11 is 0. The summed E-state index contributed by atoms with van der Waals surface area (Å²) < 4.78 is 9.75. The Kier molecular flexibility index (Phi) is 3.45. The molecule has 0 saturated heterocycles. The Hall–Kier alpha value is -1.36. The van der Waals surface area contributed by atoms with Gasteiger partial charge in [-0.1, -0.05) is 0 Å². The molecule has 1 aromatic rings. The van der Waals surface area contributed by atoms with E-state index in [9.17, 15) is 4.79 Å². The van der Waals surface area contributed by atoms with Crippen molar-refractivity contribution in [1.82, 2.24) is 4.98 Å². The van der Waals surface area contributed by atoms with Gasteiger partial charge in [0.2, 0.25) is 0 Å². The third kappa shape index (κ3) is 2.29. The van der Waals surface area contributed by atoms with Gasteiger partial charge in [-0.15, -0.1) is 0 Å². The number of hydrogen-bond acceptors (Lipinski definition) is 5. The lowest BCUT2D eigenvalue weighted by molar-refractivity contribution is 0.0518. The second-order valence-corrected chi connectivity index (χ2v) is 2.38. The molecule has 72 valence electrons. The van der Waals surface area contributed by atoms with Gasteiger partial charge < -0.3 is 14.9 Å². The van der Waals surface area contributed by atoms with Gasteiger partial charge in [-0.3, -0.25) is 0 Å². The minimum atomic E-state index is -0.459. The fraction of sp³-hybridized carbons (Fsp3) is 0.500. The molecular weight excluding hydrogens is 172 g/mol. The van der Waals surface area contributed by atoms with Gasteiger partial charge >= 0.3 is 5.97 Å². The lowest BCUT2D eigenvalue weighted by Gasteiger charge is -1.99. The van der Waals surface area contributed by atoms with Crippen LogP contribution in [-0.4, -0.2) is 24.1 Å². The van der Waals surface area contributed by atoms with Crippen LogP contribution in [-0.2, 0) is 11.2 Å². The van der Waals surface area contributed by atoms with Crippen LogP contribution in [0.5, 0.6) is 0 Å². The SMILES string of the molecule is CCOC(=O)c1ncoc1CCN. The second kappa shape index (κ2) is 4.61. The predicted molar refractivity (Wildman–Crippen MR) is 45.2 cm³/mol. The van der Waals surface area contributed by atoms with Crippen LogP contribution in [0.1, 0.15) is 23.2 Å². The maximum absolute atomic E-state index is 11.2. The molecule has 1 heterocycles. The van der Waals surface area contributed by atoms with Crippen LogP contribution in [0.25, 0.3) is 0 Å². The molecule has 0 amide bonds. The number of nitrogens with two attached hydrogens (primary N) is 1. The van der Waals surface area contributed by atoms with E-state index in [1.54, 1.807) is 6.92 Å². The highest BCUT2D eigenvalue weighted by Crippen LogP contribution is 2.08. The minimum absolute atomic E-state index is 0.229. The Labute approximate surface area is 75.9 Å². The highest BCUT2D eigenvalue weighted by Gasteiger charge is 2.16. The standard InChI is InChI=1S/C8H12N2O3/c1-2-12-8(11)7-6(3-4-9)13-5-10-7/h5H,2-4,9H2,1H3. The van der Waals surface area contributed by atoms with Crippen molar-refractivity contribution < 1.29 is 13.9 Å². The van der Waals surface area contributed by atoms with Crippen molar-refractivity contribution in [2.24, 2.45) is 5.73 Å². The molecule has 0 saturated carbocycles. The second-order valence-electron chi connectivity index (χ2n) is 2.38. The molecule has 0 bridgehead atoms. The van der Waals surface area contributed by atoms with Crippen LogP contribution in [0.2, 0.25) is 0 Å². The lowest BCUT2D eigenvalue weighted by atomic mass is 10.2. The van der Waals surface area contributed by atoms with Gasteiger partial charge in [0.05, 0.1) is 6.61 Å². The van der Waals surface area contributed by atoms with Crippen LogP contribution in [0.4, 0.5) is 0 Å². The molecule has 5 heteroatoms. The van der Waals surface area contributed by atoms with Gasteiger partial charge in [-0.05, 0) is 13.5 Å². The first-order valence-electron chi connectivity index (χ1n) is 4.09. The fourth-order valence-electron chi connectivity index (χ4n) is 0.945. The maximum atomic E-state index is 11.2. The molecule has 0 aromatic carbocycles. The molecule has 0 unspecified atom stereocenters. The number of aromatic nitrogens is 1. The van der Waals surface area contributed by atoms with Gasteiger partial charge in [-0.2, -0.15) is 0 Å². The van der Waals surface area contributed by atoms with E-state index in [2.05, 4.69) is 4.98 Å². The third-order valence-corrected chi connectivity index (χ3v) is 1.48. The Morgan fingerprint density at radius 2 is 2.54 bits per heavy atom. The number of nitrogens with zero attached hydrogens (tertiary/aromatic N) is 1. The quantitative estimate of drug-likeness (QED) is 0.683. The zero-order valence-electron chi connectivity index (χ0n) is 7.45. The Morgan fingerprint density at radius 1 is 1.77 bits per heavy atom. The summed E-state index contributed by atoms with van der Waals surface area (Å²) in [4.78, 5) is 15.0. The van der Waals surface area contributed by atoms with Crippen LogP contribution in [0, 0.1) is 0 Å². The van der Waals surface area contributed by atoms with Gasteiger partial charge in [0.1, 0.15) is 5.76 Å². The summed E-state index contributed by atoms with van der Waals surface area (Å²) in [7, 11) is 0. The predicted octanol–water partition coefficient (Wildman–Crippen LogP) is 0.353. The molecule has 2 N–H and O–H groups in total. The average molecular weight is 184 g/mol. The van der Waals surface area contributed by atoms with Gasteiger partial charge in [0.25, 0.3) is 0 Å². The van der Waals surface area contributed by atoms with Crippen LogP contribution < -0.4 is 5.73 Å². The number of ether oxygens (including phenoxy) is 1. The van der Waals surface area contributed by atoms with Crippen molar-refractivity contribution >= 4 is 5.97 Å². The highest BCUT2D eigenvalue weighted by atomic mass is 16.5. The third-order valence-electron chi connectivity index (χ3n) is 1.48. The van der Waals surface area contributed by atoms with Gasteiger partial charge in [0.15, 0.2) is 12.1 Å². The van der Waals surface area contributed by atoms with Crippen LogP contribution in [0.15, 0.2) is 10.8 Å². The zero-order valence-corrected chi connectivity index (χ0v) is 7.45. The highest BCUT2D eigenvalue weighted by molar-refractivity contribution is 5.88. The first-order chi connectivity index (χ1) is 6.29. The summed E-state index contributed by atoms with van der Waals surface area (Å²) in [6.07, 6.45) is 1.71. The molecule has 0 fully saturated rings. The first-order valence-corrected chi connectivity index (χ1v) is 4.09. The van der Waals surface area contributed by atoms with E-state index in [1.165, 1.54) is 6.39 Å². The molecule has 0 spiro atoms. The van der Waals surface area contributed by atoms with E-state index in [1.807, 2.05) is 0 Å². The van der Waals surface area contributed by atoms with Crippen molar-refractivity contribution in [3.05, 3.63) is 17.8 Å². The maximum Gasteiger partial charge on any atom is 0.360 e. The normalized spacial score (nSPS) is 10.0. The average Bonchev–Trinajstić information content (AvgIpc) is 2.54. The Bertz CT molecular complexity index is 283. The van der Waals surface area contributed by atoms with E-state index in [4.69, 9.17) is 14.9 Å².